The number of aromatic hydroxyl groups is 1. The van der Waals surface area contributed by atoms with E-state index in [0.29, 0.717) is 5.75 Å². The van der Waals surface area contributed by atoms with Crippen LogP contribution in [-0.4, -0.2) is 24.0 Å². The van der Waals surface area contributed by atoms with Gasteiger partial charge in [0.25, 0.3) is 5.91 Å². The summed E-state index contributed by atoms with van der Waals surface area (Å²) in [4.78, 5) is 12.3. The number of amides is 1. The molecular weight excluding hydrogens is 290 g/mol. The first kappa shape index (κ1) is 15.2. The third-order valence-electron chi connectivity index (χ3n) is 3.11. The van der Waals surface area contributed by atoms with Gasteiger partial charge in [-0.2, -0.15) is 0 Å². The smallest absolute Gasteiger partial charge is 0.255 e. The van der Waals surface area contributed by atoms with E-state index in [4.69, 9.17) is 16.3 Å². The Labute approximate surface area is 128 Å². The van der Waals surface area contributed by atoms with Gasteiger partial charge in [-0.1, -0.05) is 30.3 Å². The molecule has 4 nitrogen and oxygen atoms in total. The highest BCUT2D eigenvalue weighted by Gasteiger charge is 2.17. The minimum atomic E-state index is -0.402. The number of ether oxygens (including phenoxy) is 1. The Bertz CT molecular complexity index is 616. The van der Waals surface area contributed by atoms with Crippen LogP contribution in [0.25, 0.3) is 0 Å². The van der Waals surface area contributed by atoms with Gasteiger partial charge in [0.2, 0.25) is 0 Å². The van der Waals surface area contributed by atoms with Gasteiger partial charge in [0, 0.05) is 5.88 Å². The van der Waals surface area contributed by atoms with Crippen LogP contribution in [0, 0.1) is 0 Å². The van der Waals surface area contributed by atoms with E-state index in [2.05, 4.69) is 5.32 Å². The van der Waals surface area contributed by atoms with Crippen molar-refractivity contribution in [2.75, 3.05) is 13.0 Å². The molecule has 2 aromatic carbocycles. The first-order chi connectivity index (χ1) is 10.2. The highest BCUT2D eigenvalue weighted by atomic mass is 35.5. The molecule has 0 radical (unpaired) electrons. The largest absolute Gasteiger partial charge is 0.507 e. The molecule has 0 heterocycles. The maximum atomic E-state index is 12.3. The van der Waals surface area contributed by atoms with Crippen molar-refractivity contribution in [2.24, 2.45) is 0 Å². The fraction of sp³-hybridized carbons (Fsp3) is 0.188. The Balaban J connectivity index is 2.20. The topological polar surface area (TPSA) is 58.6 Å². The molecule has 0 spiro atoms. The number of benzene rings is 2. The van der Waals surface area contributed by atoms with Crippen LogP contribution in [0.1, 0.15) is 22.0 Å². The van der Waals surface area contributed by atoms with Crippen molar-refractivity contribution in [3.63, 3.8) is 0 Å². The molecule has 5 heteroatoms. The van der Waals surface area contributed by atoms with Crippen molar-refractivity contribution >= 4 is 17.5 Å². The molecule has 2 rings (SSSR count). The maximum absolute atomic E-state index is 12.3. The maximum Gasteiger partial charge on any atom is 0.255 e. The van der Waals surface area contributed by atoms with E-state index in [9.17, 15) is 9.90 Å². The Hall–Kier alpha value is -2.20. The van der Waals surface area contributed by atoms with E-state index in [1.165, 1.54) is 19.2 Å². The van der Waals surface area contributed by atoms with Crippen LogP contribution in [0.4, 0.5) is 0 Å². The van der Waals surface area contributed by atoms with Crippen LogP contribution in [0.2, 0.25) is 0 Å². The van der Waals surface area contributed by atoms with Crippen LogP contribution in [-0.2, 0) is 0 Å². The third-order valence-corrected chi connectivity index (χ3v) is 3.42. The summed E-state index contributed by atoms with van der Waals surface area (Å²) in [7, 11) is 1.50. The van der Waals surface area contributed by atoms with E-state index in [1.54, 1.807) is 6.07 Å². The fourth-order valence-electron chi connectivity index (χ4n) is 1.96. The summed E-state index contributed by atoms with van der Waals surface area (Å²) in [6.07, 6.45) is 0. The minimum Gasteiger partial charge on any atom is -0.507 e. The number of methoxy groups -OCH3 is 1. The Morgan fingerprint density at radius 2 is 2.00 bits per heavy atom. The van der Waals surface area contributed by atoms with Crippen LogP contribution in [0.5, 0.6) is 11.5 Å². The average molecular weight is 306 g/mol. The molecule has 21 heavy (non-hydrogen) atoms. The molecule has 1 amide bonds. The molecule has 0 aliphatic heterocycles. The number of nitrogens with one attached hydrogen (secondary N) is 1. The SMILES string of the molecule is COc1ccc(O)c(C(=O)NC(CCl)c2ccccc2)c1. The predicted molar refractivity (Wildman–Crippen MR) is 82.0 cm³/mol. The molecule has 0 fully saturated rings. The number of carbonyl (C=O) groups excluding carboxylic acids is 1. The van der Waals surface area contributed by atoms with Gasteiger partial charge in [0.05, 0.1) is 18.7 Å². The lowest BCUT2D eigenvalue weighted by Crippen LogP contribution is -2.29. The quantitative estimate of drug-likeness (QED) is 0.835. The summed E-state index contributed by atoms with van der Waals surface area (Å²) in [6.45, 7) is 0. The van der Waals surface area contributed by atoms with Crippen LogP contribution in [0.3, 0.4) is 0 Å². The number of rotatable bonds is 5. The van der Waals surface area contributed by atoms with Gasteiger partial charge in [-0.15, -0.1) is 11.6 Å². The van der Waals surface area contributed by atoms with Gasteiger partial charge in [-0.3, -0.25) is 4.79 Å². The zero-order valence-corrected chi connectivity index (χ0v) is 12.3. The number of halogens is 1. The van der Waals surface area contributed by atoms with Crippen molar-refractivity contribution in [1.29, 1.82) is 0 Å². The number of hydrogen-bond donors (Lipinski definition) is 2. The summed E-state index contributed by atoms with van der Waals surface area (Å²) < 4.78 is 5.06. The molecular formula is C16H16ClNO3. The van der Waals surface area contributed by atoms with E-state index < -0.39 is 5.91 Å². The average Bonchev–Trinajstić information content (AvgIpc) is 2.53. The van der Waals surface area contributed by atoms with Crippen molar-refractivity contribution in [3.8, 4) is 11.5 Å². The molecule has 110 valence electrons. The number of carbonyl (C=O) groups is 1. The highest BCUT2D eigenvalue weighted by Crippen LogP contribution is 2.24. The second kappa shape index (κ2) is 6.99. The lowest BCUT2D eigenvalue weighted by atomic mass is 10.1. The normalized spacial score (nSPS) is 11.7. The van der Waals surface area contributed by atoms with E-state index >= 15 is 0 Å². The molecule has 0 bridgehead atoms. The van der Waals surface area contributed by atoms with Crippen molar-refractivity contribution in [2.45, 2.75) is 6.04 Å². The molecule has 2 N–H and O–H groups in total. The van der Waals surface area contributed by atoms with E-state index in [1.807, 2.05) is 30.3 Å². The standard InChI is InChI=1S/C16H16ClNO3/c1-21-12-7-8-15(19)13(9-12)16(20)18-14(10-17)11-5-3-2-4-6-11/h2-9,14,19H,10H2,1H3,(H,18,20). The van der Waals surface area contributed by atoms with Crippen molar-refractivity contribution in [1.82, 2.24) is 5.32 Å². The van der Waals surface area contributed by atoms with E-state index in [-0.39, 0.29) is 23.2 Å². The Morgan fingerprint density at radius 3 is 2.62 bits per heavy atom. The number of alkyl halides is 1. The second-order valence-electron chi connectivity index (χ2n) is 4.47. The second-order valence-corrected chi connectivity index (χ2v) is 4.78. The molecule has 1 unspecified atom stereocenters. The van der Waals surface area contributed by atoms with Gasteiger partial charge in [0.15, 0.2) is 0 Å². The molecule has 0 aliphatic rings. The number of phenolic OH excluding ortho intramolecular Hbond substituents is 1. The molecule has 0 saturated heterocycles. The summed E-state index contributed by atoms with van der Waals surface area (Å²) in [6, 6.07) is 13.6. The highest BCUT2D eigenvalue weighted by molar-refractivity contribution is 6.18. The molecule has 2 aromatic rings. The Morgan fingerprint density at radius 1 is 1.29 bits per heavy atom. The van der Waals surface area contributed by atoms with Gasteiger partial charge in [0.1, 0.15) is 11.5 Å². The molecule has 0 saturated carbocycles. The number of hydrogen-bond acceptors (Lipinski definition) is 3. The lowest BCUT2D eigenvalue weighted by Gasteiger charge is -2.17. The van der Waals surface area contributed by atoms with Gasteiger partial charge >= 0.3 is 0 Å². The third kappa shape index (κ3) is 3.67. The summed E-state index contributed by atoms with van der Waals surface area (Å²) in [5.41, 5.74) is 1.06. The van der Waals surface area contributed by atoms with E-state index in [0.717, 1.165) is 5.56 Å². The number of phenols is 1. The zero-order valence-electron chi connectivity index (χ0n) is 11.5. The predicted octanol–water partition coefficient (Wildman–Crippen LogP) is 3.11. The zero-order chi connectivity index (χ0) is 15.2. The first-order valence-electron chi connectivity index (χ1n) is 6.44. The van der Waals surface area contributed by atoms with Crippen LogP contribution in [0.15, 0.2) is 48.5 Å². The summed E-state index contributed by atoms with van der Waals surface area (Å²) in [5.74, 6) is 0.233. The summed E-state index contributed by atoms with van der Waals surface area (Å²) >= 11 is 5.93. The van der Waals surface area contributed by atoms with Crippen LogP contribution >= 0.6 is 11.6 Å². The molecule has 0 aromatic heterocycles. The van der Waals surface area contributed by atoms with Crippen molar-refractivity contribution < 1.29 is 14.6 Å². The first-order valence-corrected chi connectivity index (χ1v) is 6.98. The minimum absolute atomic E-state index is 0.102. The summed E-state index contributed by atoms with van der Waals surface area (Å²) in [5, 5.41) is 12.6. The van der Waals surface area contributed by atoms with Crippen molar-refractivity contribution in [3.05, 3.63) is 59.7 Å². The van der Waals surface area contributed by atoms with Gasteiger partial charge in [-0.05, 0) is 23.8 Å². The Kier molecular flexibility index (Phi) is 5.06. The van der Waals surface area contributed by atoms with Gasteiger partial charge < -0.3 is 15.2 Å². The monoisotopic (exact) mass is 305 g/mol. The van der Waals surface area contributed by atoms with Crippen LogP contribution < -0.4 is 10.1 Å². The molecule has 1 atom stereocenters. The lowest BCUT2D eigenvalue weighted by molar-refractivity contribution is 0.0937. The van der Waals surface area contributed by atoms with Gasteiger partial charge in [-0.25, -0.2) is 0 Å². The molecule has 0 aliphatic carbocycles. The fourth-order valence-corrected chi connectivity index (χ4v) is 2.21.